The van der Waals surface area contributed by atoms with Gasteiger partial charge in [-0.1, -0.05) is 80.6 Å². The minimum absolute atomic E-state index is 0.0332. The van der Waals surface area contributed by atoms with Gasteiger partial charge < -0.3 is 25.6 Å². The molecular formula is C36H54BN5O7S2. The average molecular weight is 744 g/mol. The first-order valence-corrected chi connectivity index (χ1v) is 20.3. The fourth-order valence-electron chi connectivity index (χ4n) is 7.65. The average Bonchev–Trinajstić information content (AvgIpc) is 3.70. The van der Waals surface area contributed by atoms with E-state index in [0.29, 0.717) is 24.2 Å². The van der Waals surface area contributed by atoms with Crippen LogP contribution in [0.15, 0.2) is 29.0 Å². The third-order valence-electron chi connectivity index (χ3n) is 11.3. The zero-order valence-electron chi connectivity index (χ0n) is 31.2. The second kappa shape index (κ2) is 14.1. The third-order valence-corrected chi connectivity index (χ3v) is 14.2. The van der Waals surface area contributed by atoms with E-state index in [2.05, 4.69) is 36.4 Å². The van der Waals surface area contributed by atoms with Gasteiger partial charge in [0, 0.05) is 30.6 Å². The molecule has 280 valence electrons. The zero-order valence-corrected chi connectivity index (χ0v) is 32.8. The Bertz CT molecular complexity index is 1690. The first-order chi connectivity index (χ1) is 23.6. The molecule has 5 rings (SSSR count). The lowest BCUT2D eigenvalue weighted by atomic mass is 9.67. The molecule has 1 aromatic heterocycles. The van der Waals surface area contributed by atoms with E-state index in [1.54, 1.807) is 22.4 Å². The number of sulfonamides is 1. The van der Waals surface area contributed by atoms with Crippen molar-refractivity contribution in [2.75, 3.05) is 13.1 Å². The molecule has 4 aliphatic rings. The van der Waals surface area contributed by atoms with Crippen molar-refractivity contribution in [3.63, 3.8) is 0 Å². The number of carbonyl (C=O) groups is 5. The van der Waals surface area contributed by atoms with Crippen LogP contribution in [0, 0.1) is 34.0 Å². The standard InChI is InChI=1S/C36H54BN5O7S2/c1-10-14-37-30(44)28(43)22(16-20-11-12-20)38-31(45)27-26-21(36(26,8)9)17-42(27)32(46)29(35(5,6)7)40-33(47)39-25(34(2,3)4)19-41-18-23-24(13-15-50-23)51(41,48)49/h10,13,15,20-22,25-27,29,37H,1,11-12,14,16-19H2,2-9H3,(H,38,45)(H2,39,40,47)/t21-,22?,25+,26-,27-,29+/m0/s1. The molecule has 0 aromatic carbocycles. The zero-order chi connectivity index (χ0) is 37.8. The fourth-order valence-corrected chi connectivity index (χ4v) is 10.6. The highest BCUT2D eigenvalue weighted by molar-refractivity contribution is 7.89. The monoisotopic (exact) mass is 743 g/mol. The number of nitrogens with one attached hydrogen (secondary N) is 3. The number of ketones is 1. The highest BCUT2D eigenvalue weighted by Gasteiger charge is 2.70. The molecule has 1 saturated heterocycles. The van der Waals surface area contributed by atoms with E-state index in [-0.39, 0.29) is 43.5 Å². The Balaban J connectivity index is 1.32. The highest BCUT2D eigenvalue weighted by Crippen LogP contribution is 2.65. The Labute approximate surface area is 307 Å². The molecule has 6 atom stereocenters. The van der Waals surface area contributed by atoms with Crippen molar-refractivity contribution >= 4 is 58.0 Å². The predicted molar refractivity (Wildman–Crippen MR) is 198 cm³/mol. The largest absolute Gasteiger partial charge is 0.344 e. The number of likely N-dealkylation sites (tertiary alicyclic amines) is 1. The Morgan fingerprint density at radius 3 is 2.29 bits per heavy atom. The quantitative estimate of drug-likeness (QED) is 0.150. The smallest absolute Gasteiger partial charge is 0.315 e. The van der Waals surface area contributed by atoms with E-state index in [9.17, 15) is 32.4 Å². The first-order valence-electron chi connectivity index (χ1n) is 18.0. The number of hydrogen-bond donors (Lipinski definition) is 3. The molecule has 2 saturated carbocycles. The van der Waals surface area contributed by atoms with E-state index in [1.165, 1.54) is 15.6 Å². The summed E-state index contributed by atoms with van der Waals surface area (Å²) in [5.74, 6) is -1.29. The summed E-state index contributed by atoms with van der Waals surface area (Å²) in [7, 11) is -3.65. The van der Waals surface area contributed by atoms with Crippen LogP contribution in [0.2, 0.25) is 6.32 Å². The minimum Gasteiger partial charge on any atom is -0.344 e. The number of hydrogen-bond acceptors (Lipinski definition) is 8. The minimum atomic E-state index is -3.69. The van der Waals surface area contributed by atoms with Gasteiger partial charge in [-0.05, 0) is 51.9 Å². The summed E-state index contributed by atoms with van der Waals surface area (Å²) in [5, 5.41) is 10.5. The molecule has 2 aliphatic heterocycles. The molecule has 0 spiro atoms. The molecule has 1 aromatic rings. The van der Waals surface area contributed by atoms with Gasteiger partial charge in [0.15, 0.2) is 5.68 Å². The van der Waals surface area contributed by atoms with Crippen LogP contribution in [0.3, 0.4) is 0 Å². The van der Waals surface area contributed by atoms with Crippen LogP contribution in [-0.2, 0) is 35.7 Å². The summed E-state index contributed by atoms with van der Waals surface area (Å²) >= 11 is 1.39. The molecule has 12 nitrogen and oxygen atoms in total. The van der Waals surface area contributed by atoms with Crippen molar-refractivity contribution in [1.29, 1.82) is 0 Å². The number of nitrogens with zero attached hydrogens (tertiary/aromatic N) is 2. The second-order valence-corrected chi connectivity index (χ2v) is 20.5. The molecular weight excluding hydrogens is 689 g/mol. The van der Waals surface area contributed by atoms with Crippen molar-refractivity contribution in [1.82, 2.24) is 25.2 Å². The highest BCUT2D eigenvalue weighted by atomic mass is 32.2. The van der Waals surface area contributed by atoms with E-state index < -0.39 is 74.3 Å². The van der Waals surface area contributed by atoms with Gasteiger partial charge >= 0.3 is 6.03 Å². The second-order valence-electron chi connectivity index (χ2n) is 17.6. The normalized spacial score (nSPS) is 25.1. The van der Waals surface area contributed by atoms with E-state index in [4.69, 9.17) is 0 Å². The molecule has 3 N–H and O–H groups in total. The van der Waals surface area contributed by atoms with Crippen molar-refractivity contribution in [3.05, 3.63) is 29.0 Å². The molecule has 0 radical (unpaired) electrons. The van der Waals surface area contributed by atoms with Crippen LogP contribution in [0.5, 0.6) is 0 Å². The van der Waals surface area contributed by atoms with Crippen molar-refractivity contribution in [2.24, 2.45) is 34.0 Å². The van der Waals surface area contributed by atoms with Gasteiger partial charge in [0.05, 0.1) is 10.9 Å². The molecule has 2 aliphatic carbocycles. The number of rotatable bonds is 14. The Hall–Kier alpha value is -3.04. The van der Waals surface area contributed by atoms with Gasteiger partial charge in [-0.3, -0.25) is 14.4 Å². The van der Waals surface area contributed by atoms with Crippen LogP contribution >= 0.6 is 11.3 Å². The van der Waals surface area contributed by atoms with Crippen LogP contribution in [-0.4, -0.2) is 91.5 Å². The van der Waals surface area contributed by atoms with Gasteiger partial charge in [0.1, 0.15) is 12.1 Å². The van der Waals surface area contributed by atoms with Gasteiger partial charge in [-0.15, -0.1) is 17.9 Å². The maximum Gasteiger partial charge on any atom is 0.315 e. The van der Waals surface area contributed by atoms with Gasteiger partial charge in [-0.2, -0.15) is 4.31 Å². The molecule has 51 heavy (non-hydrogen) atoms. The molecule has 3 heterocycles. The fraction of sp³-hybridized carbons (Fsp3) is 0.694. The molecule has 4 amide bonds. The molecule has 1 unspecified atom stereocenters. The summed E-state index contributed by atoms with van der Waals surface area (Å²) in [6, 6.07) is -2.45. The number of amides is 4. The number of piperidine rings is 1. The van der Waals surface area contributed by atoms with E-state index >= 15 is 0 Å². The number of thiophene rings is 1. The maximum absolute atomic E-state index is 14.5. The first kappa shape index (κ1) is 39.2. The lowest BCUT2D eigenvalue weighted by Crippen LogP contribution is -2.62. The van der Waals surface area contributed by atoms with Crippen LogP contribution in [0.1, 0.15) is 79.5 Å². The number of urea groups is 1. The molecule has 0 bridgehead atoms. The molecule has 15 heteroatoms. The SMILES string of the molecule is C=CCBC(=O)C(=O)C(CC1CC1)NC(=O)[C@@H]1[C@@H]2[C@H](CN1C(=O)[C@@H](NC(=O)N[C@H](CN1Cc3sccc3S1(=O)=O)C(C)(C)C)C(C)(C)C)C2(C)C. The lowest BCUT2D eigenvalue weighted by Gasteiger charge is -2.39. The summed E-state index contributed by atoms with van der Waals surface area (Å²) < 4.78 is 27.8. The van der Waals surface area contributed by atoms with Crippen molar-refractivity contribution in [2.45, 2.75) is 117 Å². The Kier molecular flexibility index (Phi) is 10.8. The van der Waals surface area contributed by atoms with Crippen LogP contribution < -0.4 is 16.0 Å². The van der Waals surface area contributed by atoms with E-state index in [0.717, 1.165) is 17.7 Å². The van der Waals surface area contributed by atoms with Gasteiger partial charge in [0.25, 0.3) is 0 Å². The molecule has 3 fully saturated rings. The Morgan fingerprint density at radius 1 is 1.06 bits per heavy atom. The summed E-state index contributed by atoms with van der Waals surface area (Å²) in [6.07, 6.45) is 4.21. The maximum atomic E-state index is 14.5. The van der Waals surface area contributed by atoms with Crippen LogP contribution in [0.25, 0.3) is 0 Å². The summed E-state index contributed by atoms with van der Waals surface area (Å²) in [4.78, 5) is 70.9. The summed E-state index contributed by atoms with van der Waals surface area (Å²) in [6.45, 7) is 19.6. The Morgan fingerprint density at radius 2 is 1.73 bits per heavy atom. The van der Waals surface area contributed by atoms with Gasteiger partial charge in [0.2, 0.25) is 34.9 Å². The predicted octanol–water partition coefficient (Wildman–Crippen LogP) is 3.29. The topological polar surface area (TPSA) is 162 Å². The number of Topliss-reactive ketones (excluding diaryl/α,β-unsaturated/α-hetero) is 1. The number of fused-ring (bicyclic) bond motifs is 2. The van der Waals surface area contributed by atoms with Gasteiger partial charge in [-0.25, -0.2) is 13.2 Å². The third kappa shape index (κ3) is 8.15. The lowest BCUT2D eigenvalue weighted by molar-refractivity contribution is -0.144. The van der Waals surface area contributed by atoms with Crippen molar-refractivity contribution < 1.29 is 32.4 Å². The number of allylic oxidation sites excluding steroid dienone is 1. The van der Waals surface area contributed by atoms with E-state index in [1.807, 2.05) is 41.5 Å². The summed E-state index contributed by atoms with van der Waals surface area (Å²) in [5.41, 5.74) is -2.03. The van der Waals surface area contributed by atoms with Crippen molar-refractivity contribution in [3.8, 4) is 0 Å². The number of carbonyl (C=O) groups excluding carboxylic acids is 5. The van der Waals surface area contributed by atoms with Crippen LogP contribution in [0.4, 0.5) is 4.79 Å².